The van der Waals surface area contributed by atoms with Gasteiger partial charge in [0, 0.05) is 12.8 Å². The predicted molar refractivity (Wildman–Crippen MR) is 103 cm³/mol. The van der Waals surface area contributed by atoms with Crippen molar-refractivity contribution in [2.24, 2.45) is 0 Å². The highest BCUT2D eigenvalue weighted by molar-refractivity contribution is 5.69. The van der Waals surface area contributed by atoms with Crippen LogP contribution in [-0.2, 0) is 14.3 Å². The highest BCUT2D eigenvalue weighted by atomic mass is 16.5. The third-order valence-corrected chi connectivity index (χ3v) is 4.74. The number of rotatable bonds is 13. The molecule has 0 aliphatic carbocycles. The number of unbranched alkanes of at least 4 members (excludes halogenated alkanes) is 3. The maximum absolute atomic E-state index is 11.0. The van der Waals surface area contributed by atoms with E-state index in [1.165, 1.54) is 7.11 Å². The Balaban J connectivity index is 2.16. The Hall–Kier alpha value is -1.17. The lowest BCUT2D eigenvalue weighted by Gasteiger charge is -2.18. The lowest BCUT2D eigenvalue weighted by molar-refractivity contribution is -0.140. The molecule has 5 heteroatoms. The molecule has 1 aliphatic rings. The van der Waals surface area contributed by atoms with Gasteiger partial charge in [-0.2, -0.15) is 0 Å². The minimum absolute atomic E-state index is 0.165. The van der Waals surface area contributed by atoms with Crippen LogP contribution in [0.3, 0.4) is 0 Å². The standard InChI is InChI=1S/C21H36O5/c1-3-4-10-13-17(22)20-16-18(23)19(26-20)14-11-8-6-5-7-9-12-15-21(24)25-2/h5,7-8,11,17-20,22-23H,3-4,6,9-10,12-16H2,1-2H3/b7-5-,11-8-/t17?,18?,19-,20-/m0/s1. The van der Waals surface area contributed by atoms with Crippen LogP contribution < -0.4 is 0 Å². The molecule has 2 N–H and O–H groups in total. The van der Waals surface area contributed by atoms with Crippen LogP contribution in [0.25, 0.3) is 0 Å². The summed E-state index contributed by atoms with van der Waals surface area (Å²) in [5.41, 5.74) is 0. The zero-order valence-electron chi connectivity index (χ0n) is 16.3. The number of carbonyl (C=O) groups is 1. The zero-order chi connectivity index (χ0) is 19.2. The van der Waals surface area contributed by atoms with Gasteiger partial charge in [-0.15, -0.1) is 0 Å². The van der Waals surface area contributed by atoms with E-state index >= 15 is 0 Å². The van der Waals surface area contributed by atoms with Gasteiger partial charge in [0.2, 0.25) is 0 Å². The van der Waals surface area contributed by atoms with Crippen LogP contribution in [0.5, 0.6) is 0 Å². The van der Waals surface area contributed by atoms with E-state index in [1.807, 2.05) is 6.08 Å². The molecule has 0 bridgehead atoms. The Kier molecular flexibility index (Phi) is 12.3. The summed E-state index contributed by atoms with van der Waals surface area (Å²) in [6, 6.07) is 0. The maximum atomic E-state index is 11.0. The fourth-order valence-electron chi connectivity index (χ4n) is 3.10. The molecule has 1 fully saturated rings. The zero-order valence-corrected chi connectivity index (χ0v) is 16.3. The molecule has 1 rings (SSSR count). The van der Waals surface area contributed by atoms with Crippen molar-refractivity contribution >= 4 is 5.97 Å². The van der Waals surface area contributed by atoms with Crippen LogP contribution in [0.2, 0.25) is 0 Å². The van der Waals surface area contributed by atoms with Crippen LogP contribution in [-0.4, -0.2) is 47.7 Å². The summed E-state index contributed by atoms with van der Waals surface area (Å²) < 4.78 is 10.4. The number of aliphatic hydroxyl groups is 2. The largest absolute Gasteiger partial charge is 0.469 e. The first-order chi connectivity index (χ1) is 12.6. The minimum atomic E-state index is -0.501. The van der Waals surface area contributed by atoms with Crippen molar-refractivity contribution in [3.63, 3.8) is 0 Å². The number of esters is 1. The fraction of sp³-hybridized carbons (Fsp3) is 0.762. The molecule has 26 heavy (non-hydrogen) atoms. The average molecular weight is 369 g/mol. The van der Waals surface area contributed by atoms with Gasteiger partial charge < -0.3 is 19.7 Å². The summed E-state index contributed by atoms with van der Waals surface area (Å²) in [6.07, 6.45) is 14.9. The molecule has 0 aromatic rings. The van der Waals surface area contributed by atoms with Crippen molar-refractivity contribution in [2.75, 3.05) is 7.11 Å². The smallest absolute Gasteiger partial charge is 0.305 e. The summed E-state index contributed by atoms with van der Waals surface area (Å²) in [7, 11) is 1.41. The van der Waals surface area contributed by atoms with E-state index in [0.717, 1.165) is 44.9 Å². The van der Waals surface area contributed by atoms with E-state index < -0.39 is 12.2 Å². The second-order valence-electron chi connectivity index (χ2n) is 6.96. The molecule has 1 saturated heterocycles. The number of ether oxygens (including phenoxy) is 2. The van der Waals surface area contributed by atoms with Gasteiger partial charge in [0.05, 0.1) is 31.5 Å². The molecule has 150 valence electrons. The first-order valence-electron chi connectivity index (χ1n) is 9.96. The molecular formula is C21H36O5. The maximum Gasteiger partial charge on any atom is 0.305 e. The average Bonchev–Trinajstić information content (AvgIpc) is 3.01. The quantitative estimate of drug-likeness (QED) is 0.295. The normalized spacial score (nSPS) is 24.5. The minimum Gasteiger partial charge on any atom is -0.469 e. The molecule has 0 aromatic heterocycles. The van der Waals surface area contributed by atoms with E-state index in [9.17, 15) is 15.0 Å². The van der Waals surface area contributed by atoms with Gasteiger partial charge in [0.25, 0.3) is 0 Å². The lowest BCUT2D eigenvalue weighted by Crippen LogP contribution is -2.26. The third-order valence-electron chi connectivity index (χ3n) is 4.74. The molecule has 5 nitrogen and oxygen atoms in total. The van der Waals surface area contributed by atoms with Crippen molar-refractivity contribution in [2.45, 2.75) is 95.5 Å². The highest BCUT2D eigenvalue weighted by Gasteiger charge is 2.36. The Morgan fingerprint density at radius 1 is 1.23 bits per heavy atom. The molecule has 4 atom stereocenters. The van der Waals surface area contributed by atoms with E-state index in [0.29, 0.717) is 19.3 Å². The number of methoxy groups -OCH3 is 1. The molecule has 0 radical (unpaired) electrons. The molecule has 1 aliphatic heterocycles. The number of allylic oxidation sites excluding steroid dienone is 3. The van der Waals surface area contributed by atoms with Crippen LogP contribution >= 0.6 is 0 Å². The number of aliphatic hydroxyl groups excluding tert-OH is 2. The topological polar surface area (TPSA) is 76.0 Å². The van der Waals surface area contributed by atoms with Gasteiger partial charge in [-0.05, 0) is 32.1 Å². The van der Waals surface area contributed by atoms with Gasteiger partial charge in [-0.3, -0.25) is 4.79 Å². The molecular weight excluding hydrogens is 332 g/mol. The van der Waals surface area contributed by atoms with Crippen molar-refractivity contribution in [1.82, 2.24) is 0 Å². The van der Waals surface area contributed by atoms with E-state index in [1.54, 1.807) is 0 Å². The van der Waals surface area contributed by atoms with Crippen molar-refractivity contribution in [1.29, 1.82) is 0 Å². The summed E-state index contributed by atoms with van der Waals surface area (Å²) in [5.74, 6) is -0.165. The molecule has 0 amide bonds. The molecule has 0 aromatic carbocycles. The fourth-order valence-corrected chi connectivity index (χ4v) is 3.10. The van der Waals surface area contributed by atoms with Crippen molar-refractivity contribution < 1.29 is 24.5 Å². The first kappa shape index (κ1) is 22.9. The first-order valence-corrected chi connectivity index (χ1v) is 9.96. The number of carbonyl (C=O) groups excluding carboxylic acids is 1. The number of hydrogen-bond donors (Lipinski definition) is 2. The SMILES string of the molecule is CCCCCC(O)[C@@H]1CC(O)[C@H](C/C=C\C/C=C\CCCC(=O)OC)O1. The van der Waals surface area contributed by atoms with Crippen LogP contribution in [0.15, 0.2) is 24.3 Å². The molecule has 2 unspecified atom stereocenters. The van der Waals surface area contributed by atoms with Gasteiger partial charge in [-0.25, -0.2) is 0 Å². The molecule has 0 saturated carbocycles. The van der Waals surface area contributed by atoms with E-state index in [2.05, 4.69) is 29.9 Å². The van der Waals surface area contributed by atoms with E-state index in [4.69, 9.17) is 4.74 Å². The summed E-state index contributed by atoms with van der Waals surface area (Å²) in [6.45, 7) is 2.14. The lowest BCUT2D eigenvalue weighted by atomic mass is 10.0. The predicted octanol–water partition coefficient (Wildman–Crippen LogP) is 3.68. The second kappa shape index (κ2) is 14.0. The highest BCUT2D eigenvalue weighted by Crippen LogP contribution is 2.27. The summed E-state index contributed by atoms with van der Waals surface area (Å²) in [5, 5.41) is 20.3. The van der Waals surface area contributed by atoms with Gasteiger partial charge >= 0.3 is 5.97 Å². The van der Waals surface area contributed by atoms with Crippen LogP contribution in [0.1, 0.15) is 71.1 Å². The Bertz CT molecular complexity index is 432. The van der Waals surface area contributed by atoms with Gasteiger partial charge in [-0.1, -0.05) is 50.5 Å². The van der Waals surface area contributed by atoms with Crippen molar-refractivity contribution in [3.8, 4) is 0 Å². The number of hydrogen-bond acceptors (Lipinski definition) is 5. The van der Waals surface area contributed by atoms with Gasteiger partial charge in [0.15, 0.2) is 0 Å². The monoisotopic (exact) mass is 368 g/mol. The van der Waals surface area contributed by atoms with Crippen LogP contribution in [0, 0.1) is 0 Å². The summed E-state index contributed by atoms with van der Waals surface area (Å²) in [4.78, 5) is 11.0. The Morgan fingerprint density at radius 3 is 2.73 bits per heavy atom. The van der Waals surface area contributed by atoms with Crippen LogP contribution in [0.4, 0.5) is 0 Å². The Morgan fingerprint density at radius 2 is 2.00 bits per heavy atom. The third kappa shape index (κ3) is 9.51. The van der Waals surface area contributed by atoms with Gasteiger partial charge in [0.1, 0.15) is 0 Å². The molecule has 0 spiro atoms. The second-order valence-corrected chi connectivity index (χ2v) is 6.96. The Labute approximate surface area is 158 Å². The van der Waals surface area contributed by atoms with Crippen molar-refractivity contribution in [3.05, 3.63) is 24.3 Å². The summed E-state index contributed by atoms with van der Waals surface area (Å²) >= 11 is 0. The molecule has 1 heterocycles. The van der Waals surface area contributed by atoms with E-state index in [-0.39, 0.29) is 18.2 Å².